The fraction of sp³-hybridized carbons (Fsp3) is 0.471. The number of hydrogen-bond acceptors (Lipinski definition) is 1. The van der Waals surface area contributed by atoms with E-state index >= 15 is 0 Å². The SMILES string of the molecule is C[B]CC/C(=C/CCCCC(C)=O)c1ccccc1. The maximum atomic E-state index is 10.9. The lowest BCUT2D eigenvalue weighted by Gasteiger charge is -2.07. The van der Waals surface area contributed by atoms with Gasteiger partial charge in [-0.25, -0.2) is 0 Å². The minimum Gasteiger partial charge on any atom is -0.300 e. The van der Waals surface area contributed by atoms with Gasteiger partial charge >= 0.3 is 0 Å². The second kappa shape index (κ2) is 9.60. The van der Waals surface area contributed by atoms with Crippen LogP contribution in [-0.4, -0.2) is 13.1 Å². The molecule has 0 unspecified atom stereocenters. The third kappa shape index (κ3) is 7.00. The minimum absolute atomic E-state index is 0.299. The molecular formula is C17H24BO. The molecule has 0 N–H and O–H groups in total. The van der Waals surface area contributed by atoms with Crippen molar-refractivity contribution in [3.63, 3.8) is 0 Å². The van der Waals surface area contributed by atoms with Gasteiger partial charge in [0.05, 0.1) is 0 Å². The first-order valence-corrected chi connectivity index (χ1v) is 7.25. The standard InChI is InChI=1S/C17H24BO/c1-15(19)9-5-3-6-12-17(13-14-18-2)16-10-7-4-8-11-16/h4,7-8,10-12H,3,5-6,9,13-14H2,1-2H3/b17-12-. The highest BCUT2D eigenvalue weighted by Crippen LogP contribution is 2.21. The number of unbranched alkanes of at least 4 members (excludes halogenated alkanes) is 2. The Balaban J connectivity index is 2.51. The van der Waals surface area contributed by atoms with E-state index in [1.54, 1.807) is 6.92 Å². The molecule has 0 aliphatic heterocycles. The number of ketones is 1. The molecule has 2 heteroatoms. The Morgan fingerprint density at radius 3 is 2.53 bits per heavy atom. The van der Waals surface area contributed by atoms with Gasteiger partial charge in [0.15, 0.2) is 0 Å². The van der Waals surface area contributed by atoms with Crippen molar-refractivity contribution in [1.29, 1.82) is 0 Å². The predicted molar refractivity (Wildman–Crippen MR) is 84.6 cm³/mol. The molecular weight excluding hydrogens is 231 g/mol. The number of carbonyl (C=O) groups excluding carboxylic acids is 1. The number of benzene rings is 1. The topological polar surface area (TPSA) is 17.1 Å². The fourth-order valence-electron chi connectivity index (χ4n) is 2.11. The average Bonchev–Trinajstić information content (AvgIpc) is 2.42. The van der Waals surface area contributed by atoms with E-state index < -0.39 is 0 Å². The lowest BCUT2D eigenvalue weighted by atomic mass is 9.75. The van der Waals surface area contributed by atoms with Crippen molar-refractivity contribution >= 4 is 18.6 Å². The molecule has 0 saturated carbocycles. The molecule has 0 aliphatic rings. The van der Waals surface area contributed by atoms with Gasteiger partial charge in [-0.1, -0.05) is 49.6 Å². The second-order valence-electron chi connectivity index (χ2n) is 4.99. The third-order valence-electron chi connectivity index (χ3n) is 3.22. The molecule has 0 aliphatic carbocycles. The summed E-state index contributed by atoms with van der Waals surface area (Å²) in [6, 6.07) is 10.6. The monoisotopic (exact) mass is 255 g/mol. The lowest BCUT2D eigenvalue weighted by Crippen LogP contribution is -1.90. The Hall–Kier alpha value is -1.31. The summed E-state index contributed by atoms with van der Waals surface area (Å²) in [5.41, 5.74) is 2.76. The van der Waals surface area contributed by atoms with Crippen molar-refractivity contribution in [1.82, 2.24) is 0 Å². The molecule has 0 saturated heterocycles. The van der Waals surface area contributed by atoms with Crippen LogP contribution >= 0.6 is 0 Å². The third-order valence-corrected chi connectivity index (χ3v) is 3.22. The molecule has 0 bridgehead atoms. The molecule has 0 atom stereocenters. The number of Topliss-reactive ketones (excluding diaryl/α,β-unsaturated/α-hetero) is 1. The molecule has 0 spiro atoms. The summed E-state index contributed by atoms with van der Waals surface area (Å²) >= 11 is 0. The summed E-state index contributed by atoms with van der Waals surface area (Å²) in [6.07, 6.45) is 8.47. The number of hydrogen-bond donors (Lipinski definition) is 0. The Bertz CT molecular complexity index is 395. The van der Waals surface area contributed by atoms with Crippen molar-refractivity contribution in [3.8, 4) is 0 Å². The summed E-state index contributed by atoms with van der Waals surface area (Å²) in [5, 5.41) is 0. The molecule has 1 aromatic rings. The Morgan fingerprint density at radius 1 is 1.16 bits per heavy atom. The van der Waals surface area contributed by atoms with Gasteiger partial charge in [-0.05, 0) is 43.7 Å². The smallest absolute Gasteiger partial charge is 0.129 e. The van der Waals surface area contributed by atoms with Crippen LogP contribution in [0.1, 0.15) is 44.6 Å². The maximum absolute atomic E-state index is 10.9. The summed E-state index contributed by atoms with van der Waals surface area (Å²) in [7, 11) is 2.21. The van der Waals surface area contributed by atoms with E-state index in [0.717, 1.165) is 38.4 Å². The summed E-state index contributed by atoms with van der Waals surface area (Å²) in [4.78, 5) is 10.9. The number of rotatable bonds is 9. The van der Waals surface area contributed by atoms with Gasteiger partial charge in [0.25, 0.3) is 0 Å². The van der Waals surface area contributed by atoms with Crippen LogP contribution < -0.4 is 0 Å². The maximum Gasteiger partial charge on any atom is 0.129 e. The fourth-order valence-corrected chi connectivity index (χ4v) is 2.11. The van der Waals surface area contributed by atoms with E-state index in [1.807, 2.05) is 0 Å². The molecule has 0 aromatic heterocycles. The Kier molecular flexibility index (Phi) is 7.96. The molecule has 0 fully saturated rings. The van der Waals surface area contributed by atoms with Gasteiger partial charge in [0.1, 0.15) is 13.1 Å². The van der Waals surface area contributed by atoms with Crippen molar-refractivity contribution in [2.75, 3.05) is 0 Å². The van der Waals surface area contributed by atoms with E-state index in [4.69, 9.17) is 0 Å². The van der Waals surface area contributed by atoms with Crippen molar-refractivity contribution < 1.29 is 4.79 Å². The highest BCUT2D eigenvalue weighted by molar-refractivity contribution is 6.33. The summed E-state index contributed by atoms with van der Waals surface area (Å²) < 4.78 is 0. The van der Waals surface area contributed by atoms with E-state index in [-0.39, 0.29) is 0 Å². The van der Waals surface area contributed by atoms with Gasteiger partial charge < -0.3 is 4.79 Å². The van der Waals surface area contributed by atoms with Crippen LogP contribution in [0.4, 0.5) is 0 Å². The molecule has 101 valence electrons. The van der Waals surface area contributed by atoms with Gasteiger partial charge in [0, 0.05) is 6.42 Å². The quantitative estimate of drug-likeness (QED) is 0.458. The van der Waals surface area contributed by atoms with E-state index in [0.29, 0.717) is 5.78 Å². The summed E-state index contributed by atoms with van der Waals surface area (Å²) in [6.45, 7) is 3.78. The van der Waals surface area contributed by atoms with Gasteiger partial charge in [0.2, 0.25) is 0 Å². The van der Waals surface area contributed by atoms with Gasteiger partial charge in [-0.15, -0.1) is 0 Å². The van der Waals surface area contributed by atoms with Crippen LogP contribution in [0.15, 0.2) is 36.4 Å². The highest BCUT2D eigenvalue weighted by Gasteiger charge is 2.00. The van der Waals surface area contributed by atoms with Crippen LogP contribution in [0.3, 0.4) is 0 Å². The molecule has 0 heterocycles. The number of carbonyl (C=O) groups is 1. The van der Waals surface area contributed by atoms with Crippen molar-refractivity contribution in [2.24, 2.45) is 0 Å². The van der Waals surface area contributed by atoms with Crippen LogP contribution in [0.25, 0.3) is 5.57 Å². The highest BCUT2D eigenvalue weighted by atomic mass is 16.1. The zero-order chi connectivity index (χ0) is 13.9. The largest absolute Gasteiger partial charge is 0.300 e. The molecule has 19 heavy (non-hydrogen) atoms. The molecule has 1 rings (SSSR count). The Morgan fingerprint density at radius 2 is 1.89 bits per heavy atom. The van der Waals surface area contributed by atoms with Crippen LogP contribution in [0.5, 0.6) is 0 Å². The van der Waals surface area contributed by atoms with Gasteiger partial charge in [-0.2, -0.15) is 0 Å². The molecule has 1 aromatic carbocycles. The van der Waals surface area contributed by atoms with Crippen LogP contribution in [0, 0.1) is 0 Å². The average molecular weight is 255 g/mol. The summed E-state index contributed by atoms with van der Waals surface area (Å²) in [5.74, 6) is 0.299. The zero-order valence-electron chi connectivity index (χ0n) is 12.2. The minimum atomic E-state index is 0.299. The second-order valence-corrected chi connectivity index (χ2v) is 4.99. The predicted octanol–water partition coefficient (Wildman–Crippen LogP) is 4.78. The molecule has 0 amide bonds. The first-order valence-electron chi connectivity index (χ1n) is 7.25. The first kappa shape index (κ1) is 15.8. The van der Waals surface area contributed by atoms with Crippen molar-refractivity contribution in [3.05, 3.63) is 42.0 Å². The zero-order valence-corrected chi connectivity index (χ0v) is 12.2. The van der Waals surface area contributed by atoms with Crippen molar-refractivity contribution in [2.45, 2.75) is 52.2 Å². The first-order chi connectivity index (χ1) is 9.24. The lowest BCUT2D eigenvalue weighted by molar-refractivity contribution is -0.117. The van der Waals surface area contributed by atoms with E-state index in [1.165, 1.54) is 11.1 Å². The molecule has 1 nitrogen and oxygen atoms in total. The van der Waals surface area contributed by atoms with E-state index in [2.05, 4.69) is 50.5 Å². The number of allylic oxidation sites excluding steroid dienone is 2. The normalized spacial score (nSPS) is 11.4. The molecule has 1 radical (unpaired) electrons. The Labute approximate surface area is 118 Å². The van der Waals surface area contributed by atoms with Crippen LogP contribution in [-0.2, 0) is 4.79 Å². The van der Waals surface area contributed by atoms with Crippen LogP contribution in [0.2, 0.25) is 13.1 Å². The van der Waals surface area contributed by atoms with Gasteiger partial charge in [-0.3, -0.25) is 0 Å². The van der Waals surface area contributed by atoms with E-state index in [9.17, 15) is 4.79 Å².